The summed E-state index contributed by atoms with van der Waals surface area (Å²) >= 11 is 0.920. The Kier molecular flexibility index (Phi) is 9.14. The van der Waals surface area contributed by atoms with Gasteiger partial charge in [0, 0.05) is 5.38 Å². The average molecular weight is 490 g/mol. The van der Waals surface area contributed by atoms with E-state index < -0.39 is 65.2 Å². The first-order chi connectivity index (χ1) is 13.9. The Hall–Kier alpha value is -2.51. The Morgan fingerprint density at radius 1 is 1.42 bits per heavy atom. The van der Waals surface area contributed by atoms with Gasteiger partial charge in [0.15, 0.2) is 10.8 Å². The molecule has 1 saturated heterocycles. The number of thiazole rings is 1. The van der Waals surface area contributed by atoms with E-state index in [1.165, 1.54) is 5.38 Å². The van der Waals surface area contributed by atoms with Gasteiger partial charge in [-0.25, -0.2) is 18.9 Å². The summed E-state index contributed by atoms with van der Waals surface area (Å²) in [4.78, 5) is 54.3. The van der Waals surface area contributed by atoms with Crippen molar-refractivity contribution in [2.75, 3.05) is 18.9 Å². The molecule has 1 aromatic rings. The summed E-state index contributed by atoms with van der Waals surface area (Å²) in [6.45, 7) is -1.66. The number of rotatable bonds is 9. The number of carboxylic acid groups (broad SMARTS) is 1. The predicted molar refractivity (Wildman–Crippen MR) is 97.4 cm³/mol. The first kappa shape index (κ1) is 26.5. The van der Waals surface area contributed by atoms with E-state index in [0.29, 0.717) is 0 Å². The van der Waals surface area contributed by atoms with Gasteiger partial charge in [0.05, 0.1) is 0 Å². The summed E-state index contributed by atoms with van der Waals surface area (Å²) in [5.41, 5.74) is 9.58. The van der Waals surface area contributed by atoms with Gasteiger partial charge >= 0.3 is 51.9 Å². The van der Waals surface area contributed by atoms with Gasteiger partial charge in [0.25, 0.3) is 11.8 Å². The van der Waals surface area contributed by atoms with E-state index in [9.17, 15) is 27.6 Å². The van der Waals surface area contributed by atoms with E-state index in [2.05, 4.69) is 25.0 Å². The molecule has 166 valence electrons. The molecule has 0 radical (unpaired) electrons. The maximum absolute atomic E-state index is 12.6. The molecule has 7 N–H and O–H groups in total. The molecule has 1 aromatic heterocycles. The minimum absolute atomic E-state index is 0. The van der Waals surface area contributed by atoms with Crippen molar-refractivity contribution in [2.45, 2.75) is 12.1 Å². The first-order valence-electron chi connectivity index (χ1n) is 7.58. The summed E-state index contributed by atoms with van der Waals surface area (Å²) in [5, 5.41) is 15.4. The number of primary amides is 1. The number of oxime groups is 1. The molecule has 0 spiro atoms. The van der Waals surface area contributed by atoms with Gasteiger partial charge in [0.1, 0.15) is 24.4 Å². The van der Waals surface area contributed by atoms with Gasteiger partial charge in [0.2, 0.25) is 6.61 Å². The van der Waals surface area contributed by atoms with Crippen LogP contribution in [-0.4, -0.2) is 82.3 Å². The fourth-order valence-corrected chi connectivity index (χ4v) is 3.67. The number of nitrogens with two attached hydrogens (primary N) is 2. The number of nitrogen functional groups attached to an aromatic ring is 1. The van der Waals surface area contributed by atoms with Crippen LogP contribution in [0, 0.1) is 0 Å². The molecule has 0 bridgehead atoms. The summed E-state index contributed by atoms with van der Waals surface area (Å²) in [5.74, 6) is -3.76. The molecule has 2 heterocycles. The number of aliphatic carboxylic acids is 1. The van der Waals surface area contributed by atoms with E-state index in [1.807, 2.05) is 0 Å². The maximum atomic E-state index is 12.6. The predicted octanol–water partition coefficient (Wildman–Crippen LogP) is -5.76. The first-order valence-corrected chi connectivity index (χ1v) is 9.86. The molecule has 19 heteroatoms. The molecule has 31 heavy (non-hydrogen) atoms. The number of hydrogen-bond acceptors (Lipinski definition) is 12. The number of nitrogens with zero attached hydrogens (tertiary/aromatic N) is 3. The Balaban J connectivity index is 0.00000480. The van der Waals surface area contributed by atoms with Crippen LogP contribution in [0.4, 0.5) is 9.93 Å². The molecule has 1 aliphatic heterocycles. The maximum Gasteiger partial charge on any atom is 1.00 e. The zero-order valence-corrected chi connectivity index (χ0v) is 19.3. The second kappa shape index (κ2) is 10.7. The molecule has 2 atom stereocenters. The quantitative estimate of drug-likeness (QED) is 0.0713. The number of nitrogens with one attached hydrogen (secondary N) is 1. The van der Waals surface area contributed by atoms with Crippen LogP contribution in [0.2, 0.25) is 0 Å². The number of aromatic nitrogens is 1. The molecule has 0 unspecified atom stereocenters. The van der Waals surface area contributed by atoms with Crippen LogP contribution >= 0.6 is 11.3 Å². The van der Waals surface area contributed by atoms with Crippen LogP contribution in [0.3, 0.4) is 0 Å². The summed E-state index contributed by atoms with van der Waals surface area (Å²) in [7, 11) is -5.02. The summed E-state index contributed by atoms with van der Waals surface area (Å²) in [6, 6.07) is -3.08. The van der Waals surface area contributed by atoms with E-state index in [0.717, 1.165) is 11.3 Å². The van der Waals surface area contributed by atoms with Crippen LogP contribution in [0.15, 0.2) is 10.5 Å². The number of carboxylic acids is 1. The smallest absolute Gasteiger partial charge is 1.00 e. The zero-order chi connectivity index (χ0) is 22.6. The number of carbonyl (C=O) groups excluding carboxylic acids is 3. The molecule has 0 aromatic carbocycles. The molecule has 0 aliphatic carbocycles. The van der Waals surface area contributed by atoms with E-state index >= 15 is 0 Å². The van der Waals surface area contributed by atoms with Crippen molar-refractivity contribution in [1.82, 2.24) is 14.6 Å². The third kappa shape index (κ3) is 6.74. The number of carbonyl (C=O) groups is 4. The van der Waals surface area contributed by atoms with Crippen molar-refractivity contribution in [1.29, 1.82) is 0 Å². The van der Waals surface area contributed by atoms with Crippen LogP contribution in [0.5, 0.6) is 0 Å². The second-order valence-corrected chi connectivity index (χ2v) is 7.62. The van der Waals surface area contributed by atoms with Crippen LogP contribution in [0.25, 0.3) is 0 Å². The minimum atomic E-state index is -5.02. The minimum Gasteiger partial charge on any atom is -1.00 e. The van der Waals surface area contributed by atoms with Crippen LogP contribution in [0.1, 0.15) is 7.12 Å². The molecule has 3 amide bonds. The number of anilines is 1. The number of β-lactam (4-membered cyclic amide) rings is 1. The van der Waals surface area contributed by atoms with E-state index in [1.54, 1.807) is 0 Å². The third-order valence-electron chi connectivity index (χ3n) is 3.42. The Labute approximate surface area is 201 Å². The molecular formula is C12H15N6NaO10S2. The second-order valence-electron chi connectivity index (χ2n) is 5.44. The van der Waals surface area contributed by atoms with Crippen molar-refractivity contribution in [3.8, 4) is 0 Å². The number of ether oxygens (including phenoxy) is 1. The number of amides is 3. The fraction of sp³-hybridized carbons (Fsp3) is 0.333. The topological polar surface area (TPSA) is 254 Å². The van der Waals surface area contributed by atoms with Gasteiger partial charge in [-0.15, -0.1) is 11.3 Å². The van der Waals surface area contributed by atoms with Crippen LogP contribution < -0.4 is 46.3 Å². The number of hydrogen-bond donors (Lipinski definition) is 5. The normalized spacial score (nSPS) is 18.4. The standard InChI is InChI=1S/C12H14N6O10S2.Na.H/c13-11-15-4(3-29-11)7(17-28-2-6(19)20)9(21)16-8-5(1-27-12(14)23)18(10(8)22)30(24,25)26;;/h3,5,8H,1-2H2,(H2,13,15)(H2,14,23)(H,16,21)(H,19,20)(H,24,25,26);;/q;+1;-1/t5-,8+;;/m1../s1. The van der Waals surface area contributed by atoms with Crippen molar-refractivity contribution in [2.24, 2.45) is 10.9 Å². The third-order valence-corrected chi connectivity index (χ3v) is 5.05. The Morgan fingerprint density at radius 2 is 2.06 bits per heavy atom. The van der Waals surface area contributed by atoms with Crippen molar-refractivity contribution < 1.29 is 77.8 Å². The Morgan fingerprint density at radius 3 is 2.55 bits per heavy atom. The van der Waals surface area contributed by atoms with Crippen molar-refractivity contribution in [3.05, 3.63) is 11.1 Å². The average Bonchev–Trinajstić information content (AvgIpc) is 3.04. The molecule has 16 nitrogen and oxygen atoms in total. The van der Waals surface area contributed by atoms with Crippen molar-refractivity contribution in [3.63, 3.8) is 0 Å². The molecule has 0 saturated carbocycles. The van der Waals surface area contributed by atoms with Gasteiger partial charge in [-0.1, -0.05) is 5.16 Å². The monoisotopic (exact) mass is 490 g/mol. The zero-order valence-electron chi connectivity index (χ0n) is 16.6. The summed E-state index contributed by atoms with van der Waals surface area (Å²) in [6.07, 6.45) is -1.29. The Bertz CT molecular complexity index is 1020. The molecule has 1 fully saturated rings. The van der Waals surface area contributed by atoms with Gasteiger partial charge in [-0.3, -0.25) is 14.1 Å². The van der Waals surface area contributed by atoms with Gasteiger partial charge < -0.3 is 32.9 Å². The van der Waals surface area contributed by atoms with E-state index in [4.69, 9.17) is 21.1 Å². The van der Waals surface area contributed by atoms with Crippen LogP contribution in [-0.2, 0) is 34.3 Å². The largest absolute Gasteiger partial charge is 1.00 e. The van der Waals surface area contributed by atoms with Crippen molar-refractivity contribution >= 4 is 56.4 Å². The van der Waals surface area contributed by atoms with Gasteiger partial charge in [-0.2, -0.15) is 8.42 Å². The molecular weight excluding hydrogens is 475 g/mol. The summed E-state index contributed by atoms with van der Waals surface area (Å²) < 4.78 is 36.2. The SMILES string of the molecule is NC(=O)OC[C@@H]1[C@H](NC(=O)C(=NOCC(=O)O)c2csc(N)n2)C(=O)N1S(=O)(=O)O.[H-].[Na+]. The van der Waals surface area contributed by atoms with E-state index in [-0.39, 0.29) is 46.1 Å². The van der Waals surface area contributed by atoms with Gasteiger partial charge in [-0.05, 0) is 0 Å². The molecule has 2 rings (SSSR count). The molecule has 1 aliphatic rings. The fourth-order valence-electron chi connectivity index (χ4n) is 2.26.